The second-order valence-electron chi connectivity index (χ2n) is 5.39. The fraction of sp³-hybridized carbons (Fsp3) is 0.400. The molecule has 0 aromatic heterocycles. The number of carbonyl (C=O) groups is 3. The summed E-state index contributed by atoms with van der Waals surface area (Å²) in [5.41, 5.74) is 1.15. The molecule has 1 aromatic rings. The van der Waals surface area contributed by atoms with E-state index in [0.29, 0.717) is 17.7 Å². The fourth-order valence-corrected chi connectivity index (χ4v) is 2.82. The van der Waals surface area contributed by atoms with Crippen LogP contribution in [0.1, 0.15) is 12.0 Å². The molecule has 0 radical (unpaired) electrons. The molecule has 7 nitrogen and oxygen atoms in total. The molecule has 1 fully saturated rings. The Morgan fingerprint density at radius 2 is 2.09 bits per heavy atom. The van der Waals surface area contributed by atoms with Gasteiger partial charge >= 0.3 is 12.1 Å². The van der Waals surface area contributed by atoms with Crippen LogP contribution < -0.4 is 9.80 Å². The highest BCUT2D eigenvalue weighted by Crippen LogP contribution is 2.35. The van der Waals surface area contributed by atoms with Crippen LogP contribution in [-0.2, 0) is 25.5 Å². The zero-order chi connectivity index (χ0) is 16.7. The molecular formula is C15H15FN2O5. The molecule has 0 bridgehead atoms. The number of ether oxygens (including phenoxy) is 2. The van der Waals surface area contributed by atoms with E-state index in [9.17, 15) is 18.8 Å². The molecule has 8 heteroatoms. The third-order valence-electron chi connectivity index (χ3n) is 4.03. The average Bonchev–Trinajstić information content (AvgIpc) is 2.91. The summed E-state index contributed by atoms with van der Waals surface area (Å²) < 4.78 is 23.9. The van der Waals surface area contributed by atoms with E-state index in [1.54, 1.807) is 6.07 Å². The van der Waals surface area contributed by atoms with Crippen molar-refractivity contribution < 1.29 is 28.2 Å². The third-order valence-corrected chi connectivity index (χ3v) is 4.03. The summed E-state index contributed by atoms with van der Waals surface area (Å²) in [6.45, 7) is -0.0432. The van der Waals surface area contributed by atoms with Crippen LogP contribution in [0.15, 0.2) is 12.1 Å². The lowest BCUT2D eigenvalue weighted by Crippen LogP contribution is -2.33. The average molecular weight is 322 g/mol. The Morgan fingerprint density at radius 3 is 2.78 bits per heavy atom. The minimum Gasteiger partial charge on any atom is -0.466 e. The van der Waals surface area contributed by atoms with Crippen molar-refractivity contribution >= 4 is 29.3 Å². The predicted octanol–water partition coefficient (Wildman–Crippen LogP) is 1.23. The molecule has 1 saturated heterocycles. The molecule has 1 atom stereocenters. The van der Waals surface area contributed by atoms with Crippen molar-refractivity contribution in [2.45, 2.75) is 18.9 Å². The number of methoxy groups -OCH3 is 1. The van der Waals surface area contributed by atoms with Crippen molar-refractivity contribution in [1.82, 2.24) is 0 Å². The normalized spacial score (nSPS) is 20.4. The molecule has 0 saturated carbocycles. The molecule has 0 spiro atoms. The number of esters is 1. The van der Waals surface area contributed by atoms with Crippen molar-refractivity contribution in [3.8, 4) is 0 Å². The van der Waals surface area contributed by atoms with Crippen molar-refractivity contribution in [2.75, 3.05) is 30.5 Å². The van der Waals surface area contributed by atoms with Gasteiger partial charge in [-0.1, -0.05) is 0 Å². The Bertz CT molecular complexity index is 705. The Morgan fingerprint density at radius 1 is 1.35 bits per heavy atom. The highest BCUT2D eigenvalue weighted by atomic mass is 19.1. The number of cyclic esters (lactones) is 1. The van der Waals surface area contributed by atoms with Gasteiger partial charge in [0.15, 0.2) is 0 Å². The van der Waals surface area contributed by atoms with Gasteiger partial charge < -0.3 is 14.4 Å². The monoisotopic (exact) mass is 322 g/mol. The molecule has 2 aliphatic rings. The van der Waals surface area contributed by atoms with Gasteiger partial charge in [0.1, 0.15) is 5.82 Å². The Hall–Kier alpha value is -2.64. The number of halogens is 1. The van der Waals surface area contributed by atoms with Gasteiger partial charge in [0, 0.05) is 13.5 Å². The summed E-state index contributed by atoms with van der Waals surface area (Å²) in [7, 11) is 2.71. The first-order chi connectivity index (χ1) is 10.9. The molecule has 0 N–H and O–H groups in total. The predicted molar refractivity (Wildman–Crippen MR) is 77.8 cm³/mol. The maximum absolute atomic E-state index is 14.4. The topological polar surface area (TPSA) is 76.2 Å². The van der Waals surface area contributed by atoms with Gasteiger partial charge in [-0.15, -0.1) is 0 Å². The largest absolute Gasteiger partial charge is 0.466 e. The van der Waals surface area contributed by atoms with Crippen LogP contribution in [0.2, 0.25) is 0 Å². The van der Waals surface area contributed by atoms with E-state index >= 15 is 0 Å². The van der Waals surface area contributed by atoms with E-state index < -0.39 is 24.0 Å². The number of anilines is 2. The summed E-state index contributed by atoms with van der Waals surface area (Å²) in [6.07, 6.45) is -1.09. The zero-order valence-electron chi connectivity index (χ0n) is 12.7. The van der Waals surface area contributed by atoms with Crippen LogP contribution >= 0.6 is 0 Å². The van der Waals surface area contributed by atoms with Crippen LogP contribution in [0.3, 0.4) is 0 Å². The van der Waals surface area contributed by atoms with E-state index in [2.05, 4.69) is 4.74 Å². The lowest BCUT2D eigenvalue weighted by atomic mass is 10.00. The number of carbonyl (C=O) groups excluding carboxylic acids is 3. The van der Waals surface area contributed by atoms with E-state index in [-0.39, 0.29) is 24.6 Å². The molecule has 2 aliphatic heterocycles. The maximum Gasteiger partial charge on any atom is 0.415 e. The minimum absolute atomic E-state index is 0.0432. The zero-order valence-corrected chi connectivity index (χ0v) is 12.7. The Kier molecular flexibility index (Phi) is 3.67. The van der Waals surface area contributed by atoms with Crippen LogP contribution in [0.4, 0.5) is 20.6 Å². The summed E-state index contributed by atoms with van der Waals surface area (Å²) in [5.74, 6) is -1.41. The van der Waals surface area contributed by atoms with Crippen molar-refractivity contribution in [1.29, 1.82) is 0 Å². The van der Waals surface area contributed by atoms with Crippen molar-refractivity contribution in [2.24, 2.45) is 0 Å². The smallest absolute Gasteiger partial charge is 0.415 e. The molecule has 0 aliphatic carbocycles. The van der Waals surface area contributed by atoms with Gasteiger partial charge in [-0.3, -0.25) is 9.69 Å². The first-order valence-electron chi connectivity index (χ1n) is 7.07. The SMILES string of the molecule is COC(=O)[C@H]1CN(c2cc(F)c3c(c2)CCC(=O)N3C)C(=O)O1. The van der Waals surface area contributed by atoms with E-state index in [4.69, 9.17) is 4.74 Å². The number of amides is 2. The number of hydrogen-bond donors (Lipinski definition) is 0. The fourth-order valence-electron chi connectivity index (χ4n) is 2.82. The van der Waals surface area contributed by atoms with E-state index in [0.717, 1.165) is 6.07 Å². The van der Waals surface area contributed by atoms with E-state index in [1.807, 2.05) is 0 Å². The summed E-state index contributed by atoms with van der Waals surface area (Å²) >= 11 is 0. The molecule has 2 amide bonds. The van der Waals surface area contributed by atoms with Gasteiger partial charge in [0.05, 0.1) is 25.0 Å². The summed E-state index contributed by atoms with van der Waals surface area (Å²) in [6, 6.07) is 2.80. The van der Waals surface area contributed by atoms with Gasteiger partial charge in [0.2, 0.25) is 12.0 Å². The van der Waals surface area contributed by atoms with Gasteiger partial charge in [-0.05, 0) is 24.1 Å². The maximum atomic E-state index is 14.4. The van der Waals surface area contributed by atoms with E-state index in [1.165, 1.54) is 24.0 Å². The standard InChI is InChI=1S/C15H15FN2O5/c1-17-12(19)4-3-8-5-9(6-10(16)13(8)17)18-7-11(14(20)22-2)23-15(18)21/h5-6,11H,3-4,7H2,1-2H3/t11-/m1/s1. The lowest BCUT2D eigenvalue weighted by Gasteiger charge is -2.27. The highest BCUT2D eigenvalue weighted by molar-refractivity contribution is 5.98. The van der Waals surface area contributed by atoms with Crippen LogP contribution in [0.5, 0.6) is 0 Å². The molecule has 2 heterocycles. The summed E-state index contributed by atoms with van der Waals surface area (Å²) in [5, 5.41) is 0. The molecular weight excluding hydrogens is 307 g/mol. The van der Waals surface area contributed by atoms with Crippen molar-refractivity contribution in [3.63, 3.8) is 0 Å². The minimum atomic E-state index is -1.03. The second kappa shape index (κ2) is 5.53. The molecule has 122 valence electrons. The molecule has 23 heavy (non-hydrogen) atoms. The number of aryl methyl sites for hydroxylation is 1. The van der Waals surface area contributed by atoms with Crippen LogP contribution in [0.25, 0.3) is 0 Å². The van der Waals surface area contributed by atoms with Crippen molar-refractivity contribution in [3.05, 3.63) is 23.5 Å². The quantitative estimate of drug-likeness (QED) is 0.766. The lowest BCUT2D eigenvalue weighted by molar-refractivity contribution is -0.148. The molecule has 1 aromatic carbocycles. The number of hydrogen-bond acceptors (Lipinski definition) is 5. The highest BCUT2D eigenvalue weighted by Gasteiger charge is 2.38. The molecule has 0 unspecified atom stereocenters. The first kappa shape index (κ1) is 15.3. The second-order valence-corrected chi connectivity index (χ2v) is 5.39. The van der Waals surface area contributed by atoms with Crippen LogP contribution in [-0.4, -0.2) is 44.8 Å². The number of nitrogens with zero attached hydrogens (tertiary/aromatic N) is 2. The Labute approximate surface area is 131 Å². The third kappa shape index (κ3) is 2.49. The number of fused-ring (bicyclic) bond motifs is 1. The number of rotatable bonds is 2. The van der Waals surface area contributed by atoms with Gasteiger partial charge in [-0.2, -0.15) is 0 Å². The Balaban J connectivity index is 1.93. The first-order valence-corrected chi connectivity index (χ1v) is 7.07. The number of benzene rings is 1. The molecule has 3 rings (SSSR count). The summed E-state index contributed by atoms with van der Waals surface area (Å²) in [4.78, 5) is 37.5. The van der Waals surface area contributed by atoms with Gasteiger partial charge in [-0.25, -0.2) is 14.0 Å². The van der Waals surface area contributed by atoms with Gasteiger partial charge in [0.25, 0.3) is 0 Å². The van der Waals surface area contributed by atoms with Crippen LogP contribution in [0, 0.1) is 5.82 Å².